The molecule has 2 aromatic rings. The molecule has 1 atom stereocenters. The molecule has 26 heavy (non-hydrogen) atoms. The van der Waals surface area contributed by atoms with Crippen molar-refractivity contribution >= 4 is 16.0 Å². The zero-order valence-electron chi connectivity index (χ0n) is 14.9. The summed E-state index contributed by atoms with van der Waals surface area (Å²) in [7, 11) is -2.54. The number of nitrogens with zero attached hydrogens (tertiary/aromatic N) is 4. The Morgan fingerprint density at radius 3 is 2.54 bits per heavy atom. The summed E-state index contributed by atoms with van der Waals surface area (Å²) in [5.74, 6) is 0.340. The van der Waals surface area contributed by atoms with Crippen LogP contribution in [0.5, 0.6) is 5.75 Å². The van der Waals surface area contributed by atoms with Crippen molar-refractivity contribution in [1.82, 2.24) is 19.1 Å². The van der Waals surface area contributed by atoms with Crippen molar-refractivity contribution in [2.75, 3.05) is 7.11 Å². The van der Waals surface area contributed by atoms with E-state index >= 15 is 0 Å². The second-order valence-corrected chi connectivity index (χ2v) is 8.05. The highest BCUT2D eigenvalue weighted by molar-refractivity contribution is 7.89. The summed E-state index contributed by atoms with van der Waals surface area (Å²) in [6.45, 7) is 4.97. The van der Waals surface area contributed by atoms with Gasteiger partial charge in [0.1, 0.15) is 23.4 Å². The molecule has 0 fully saturated rings. The van der Waals surface area contributed by atoms with Crippen molar-refractivity contribution in [2.24, 2.45) is 0 Å². The molecule has 9 nitrogen and oxygen atoms in total. The van der Waals surface area contributed by atoms with E-state index in [0.29, 0.717) is 28.5 Å². The van der Waals surface area contributed by atoms with Gasteiger partial charge in [-0.2, -0.15) is 4.31 Å². The zero-order chi connectivity index (χ0) is 19.2. The Balaban J connectivity index is 2.11. The van der Waals surface area contributed by atoms with E-state index in [-0.39, 0.29) is 18.0 Å². The lowest BCUT2D eigenvalue weighted by Crippen LogP contribution is -2.50. The third kappa shape index (κ3) is 2.74. The van der Waals surface area contributed by atoms with Gasteiger partial charge in [0.25, 0.3) is 0 Å². The first-order valence-corrected chi connectivity index (χ1v) is 9.40. The summed E-state index contributed by atoms with van der Waals surface area (Å²) < 4.78 is 34.3. The predicted molar refractivity (Wildman–Crippen MR) is 91.4 cm³/mol. The number of methoxy groups -OCH3 is 1. The van der Waals surface area contributed by atoms with Gasteiger partial charge in [-0.15, -0.1) is 10.2 Å². The lowest BCUT2D eigenvalue weighted by atomic mass is 10.1. The highest BCUT2D eigenvalue weighted by Gasteiger charge is 2.41. The van der Waals surface area contributed by atoms with Crippen molar-refractivity contribution < 1.29 is 23.1 Å². The molecule has 0 bridgehead atoms. The molecule has 0 spiro atoms. The Kier molecular flexibility index (Phi) is 4.49. The van der Waals surface area contributed by atoms with Crippen molar-refractivity contribution in [1.29, 1.82) is 0 Å². The maximum Gasteiger partial charge on any atom is 0.323 e. The number of sulfonamides is 1. The molecule has 1 aromatic heterocycles. The smallest absolute Gasteiger partial charge is 0.323 e. The quantitative estimate of drug-likeness (QED) is 0.837. The minimum Gasteiger partial charge on any atom is -0.496 e. The molecule has 0 saturated carbocycles. The molecular formula is C16H20N4O5S. The predicted octanol–water partition coefficient (Wildman–Crippen LogP) is 0.870. The second-order valence-electron chi connectivity index (χ2n) is 6.19. The van der Waals surface area contributed by atoms with Crippen LogP contribution in [0.2, 0.25) is 0 Å². The second kappa shape index (κ2) is 6.36. The first-order valence-electron chi connectivity index (χ1n) is 7.96. The third-order valence-corrected chi connectivity index (χ3v) is 6.79. The Morgan fingerprint density at radius 1 is 1.23 bits per heavy atom. The molecule has 1 N–H and O–H groups in total. The van der Waals surface area contributed by atoms with E-state index in [1.54, 1.807) is 31.4 Å². The number of aryl methyl sites for hydroxylation is 1. The van der Waals surface area contributed by atoms with Gasteiger partial charge in [0.15, 0.2) is 0 Å². The van der Waals surface area contributed by atoms with Crippen LogP contribution in [0.4, 0.5) is 0 Å². The number of fused-ring (bicyclic) bond motifs is 1. The number of aliphatic carboxylic acids is 1. The fourth-order valence-corrected chi connectivity index (χ4v) is 4.95. The van der Waals surface area contributed by atoms with Crippen LogP contribution in [0.25, 0.3) is 0 Å². The Hall–Kier alpha value is -2.46. The number of benzene rings is 1. The first-order chi connectivity index (χ1) is 12.2. The number of carboxylic acids is 1. The van der Waals surface area contributed by atoms with Crippen LogP contribution < -0.4 is 4.74 Å². The minimum atomic E-state index is -4.05. The van der Waals surface area contributed by atoms with Gasteiger partial charge in [-0.05, 0) is 44.0 Å². The number of ether oxygens (including phenoxy) is 1. The number of aromatic nitrogens is 3. The number of carbonyl (C=O) groups is 1. The average Bonchev–Trinajstić information content (AvgIpc) is 2.96. The minimum absolute atomic E-state index is 0.0308. The van der Waals surface area contributed by atoms with Crippen LogP contribution in [0, 0.1) is 20.8 Å². The lowest BCUT2D eigenvalue weighted by molar-refractivity contribution is -0.142. The van der Waals surface area contributed by atoms with Gasteiger partial charge in [-0.25, -0.2) is 8.42 Å². The topological polar surface area (TPSA) is 115 Å². The maximum atomic E-state index is 13.3. The van der Waals surface area contributed by atoms with E-state index in [0.717, 1.165) is 4.31 Å². The standard InChI is InChI=1S/C16H20N4O5S/c1-9-10(2)14(6-5-13(9)25-4)26(23,24)20-8-15-18-17-11(3)19(15)7-12(20)16(21)22/h5-6,12H,7-8H2,1-4H3,(H,21,22). The average molecular weight is 380 g/mol. The van der Waals surface area contributed by atoms with Crippen molar-refractivity contribution in [3.8, 4) is 5.75 Å². The van der Waals surface area contributed by atoms with E-state index in [1.165, 1.54) is 13.2 Å². The lowest BCUT2D eigenvalue weighted by Gasteiger charge is -2.33. The zero-order valence-corrected chi connectivity index (χ0v) is 15.7. The highest BCUT2D eigenvalue weighted by Crippen LogP contribution is 2.32. The first kappa shape index (κ1) is 18.3. The number of hydrogen-bond acceptors (Lipinski definition) is 6. The van der Waals surface area contributed by atoms with Crippen molar-refractivity contribution in [3.05, 3.63) is 34.9 Å². The monoisotopic (exact) mass is 380 g/mol. The Morgan fingerprint density at radius 2 is 1.92 bits per heavy atom. The highest BCUT2D eigenvalue weighted by atomic mass is 32.2. The van der Waals surface area contributed by atoms with Gasteiger partial charge in [-0.1, -0.05) is 0 Å². The third-order valence-electron chi connectivity index (χ3n) is 4.79. The number of rotatable bonds is 4. The number of hydrogen-bond donors (Lipinski definition) is 1. The SMILES string of the molecule is COc1ccc(S(=O)(=O)N2Cc3nnc(C)n3CC2C(=O)O)c(C)c1C. The molecule has 1 unspecified atom stereocenters. The summed E-state index contributed by atoms with van der Waals surface area (Å²) in [4.78, 5) is 11.8. The largest absolute Gasteiger partial charge is 0.496 e. The molecule has 0 radical (unpaired) electrons. The molecule has 140 valence electrons. The summed E-state index contributed by atoms with van der Waals surface area (Å²) in [6.07, 6.45) is 0. The molecule has 2 heterocycles. The summed E-state index contributed by atoms with van der Waals surface area (Å²) in [5.41, 5.74) is 1.22. The van der Waals surface area contributed by atoms with Gasteiger partial charge in [0, 0.05) is 0 Å². The molecule has 0 amide bonds. The maximum absolute atomic E-state index is 13.3. The van der Waals surface area contributed by atoms with Crippen LogP contribution >= 0.6 is 0 Å². The van der Waals surface area contributed by atoms with Crippen molar-refractivity contribution in [2.45, 2.75) is 44.8 Å². The normalized spacial score (nSPS) is 17.8. The van der Waals surface area contributed by atoms with E-state index in [1.807, 2.05) is 0 Å². The Labute approximate surface area is 151 Å². The van der Waals surface area contributed by atoms with E-state index < -0.39 is 22.0 Å². The molecule has 0 saturated heterocycles. The number of carboxylic acid groups (broad SMARTS) is 1. The van der Waals surface area contributed by atoms with Crippen LogP contribution in [0.15, 0.2) is 17.0 Å². The summed E-state index contributed by atoms with van der Waals surface area (Å²) >= 11 is 0. The molecule has 1 aliphatic rings. The summed E-state index contributed by atoms with van der Waals surface area (Å²) in [5, 5.41) is 17.5. The molecular weight excluding hydrogens is 360 g/mol. The summed E-state index contributed by atoms with van der Waals surface area (Å²) in [6, 6.07) is 1.78. The van der Waals surface area contributed by atoms with Gasteiger partial charge >= 0.3 is 5.97 Å². The molecule has 1 aromatic carbocycles. The molecule has 3 rings (SSSR count). The van der Waals surface area contributed by atoms with Crippen LogP contribution in [-0.4, -0.2) is 51.7 Å². The van der Waals surface area contributed by atoms with Gasteiger partial charge < -0.3 is 14.4 Å². The molecule has 1 aliphatic heterocycles. The van der Waals surface area contributed by atoms with Gasteiger partial charge in [0.2, 0.25) is 10.0 Å². The fourth-order valence-electron chi connectivity index (χ4n) is 3.14. The molecule has 10 heteroatoms. The molecule has 0 aliphatic carbocycles. The van der Waals surface area contributed by atoms with E-state index in [9.17, 15) is 18.3 Å². The van der Waals surface area contributed by atoms with Crippen LogP contribution in [0.1, 0.15) is 22.8 Å². The fraction of sp³-hybridized carbons (Fsp3) is 0.438. The van der Waals surface area contributed by atoms with Gasteiger partial charge in [-0.3, -0.25) is 4.79 Å². The van der Waals surface area contributed by atoms with Crippen LogP contribution in [-0.2, 0) is 27.9 Å². The van der Waals surface area contributed by atoms with Crippen molar-refractivity contribution in [3.63, 3.8) is 0 Å². The van der Waals surface area contributed by atoms with Crippen LogP contribution in [0.3, 0.4) is 0 Å². The van der Waals surface area contributed by atoms with E-state index in [4.69, 9.17) is 4.74 Å². The van der Waals surface area contributed by atoms with Gasteiger partial charge in [0.05, 0.1) is 25.1 Å². The Bertz CT molecular complexity index is 983. The van der Waals surface area contributed by atoms with E-state index in [2.05, 4.69) is 10.2 Å².